The molecular weight excluding hydrogens is 236 g/mol. The zero-order chi connectivity index (χ0) is 13.2. The number of imidazole rings is 1. The number of aromatic nitrogens is 2. The average Bonchev–Trinajstić information content (AvgIpc) is 2.77. The molecule has 0 aliphatic rings. The minimum Gasteiger partial charge on any atom is -0.398 e. The summed E-state index contributed by atoms with van der Waals surface area (Å²) in [6.07, 6.45) is 0. The second-order valence-corrected chi connectivity index (χ2v) is 4.61. The standard InChI is InChI=1S/C15H16N4/c1-10-18-14-7-6-12(8-15(14)19-10)17-9-11-4-2-3-5-13(11)16/h2-8,17H,9,16H2,1H3,(H,18,19). The number of hydrogen-bond acceptors (Lipinski definition) is 3. The van der Waals surface area contributed by atoms with E-state index in [0.29, 0.717) is 6.54 Å². The lowest BCUT2D eigenvalue weighted by Gasteiger charge is -2.08. The summed E-state index contributed by atoms with van der Waals surface area (Å²) in [5.41, 5.74) is 10.9. The van der Waals surface area contributed by atoms with Crippen LogP contribution in [0, 0.1) is 6.92 Å². The molecule has 0 radical (unpaired) electrons. The predicted molar refractivity (Wildman–Crippen MR) is 79.0 cm³/mol. The number of nitrogens with two attached hydrogens (primary N) is 1. The Balaban J connectivity index is 1.80. The lowest BCUT2D eigenvalue weighted by Crippen LogP contribution is -2.02. The molecule has 0 atom stereocenters. The van der Waals surface area contributed by atoms with Gasteiger partial charge in [-0.2, -0.15) is 0 Å². The number of rotatable bonds is 3. The summed E-state index contributed by atoms with van der Waals surface area (Å²) in [4.78, 5) is 7.62. The van der Waals surface area contributed by atoms with Crippen LogP contribution < -0.4 is 11.1 Å². The molecule has 0 spiro atoms. The van der Waals surface area contributed by atoms with Crippen LogP contribution in [0.1, 0.15) is 11.4 Å². The first-order valence-corrected chi connectivity index (χ1v) is 6.26. The molecule has 3 aromatic rings. The lowest BCUT2D eigenvalue weighted by atomic mass is 10.2. The van der Waals surface area contributed by atoms with Gasteiger partial charge in [0.15, 0.2) is 0 Å². The molecule has 3 rings (SSSR count). The third kappa shape index (κ3) is 2.38. The van der Waals surface area contributed by atoms with Crippen LogP contribution in [0.25, 0.3) is 11.0 Å². The van der Waals surface area contributed by atoms with Crippen LogP contribution in [0.15, 0.2) is 42.5 Å². The minimum atomic E-state index is 0.714. The maximum Gasteiger partial charge on any atom is 0.104 e. The number of nitrogens with zero attached hydrogens (tertiary/aromatic N) is 1. The van der Waals surface area contributed by atoms with Gasteiger partial charge in [0, 0.05) is 17.9 Å². The zero-order valence-electron chi connectivity index (χ0n) is 10.8. The highest BCUT2D eigenvalue weighted by Gasteiger charge is 2.02. The molecule has 0 amide bonds. The van der Waals surface area contributed by atoms with Gasteiger partial charge in [0.2, 0.25) is 0 Å². The van der Waals surface area contributed by atoms with Crippen molar-refractivity contribution in [3.05, 3.63) is 53.9 Å². The highest BCUT2D eigenvalue weighted by molar-refractivity contribution is 5.79. The van der Waals surface area contributed by atoms with Gasteiger partial charge in [-0.25, -0.2) is 4.98 Å². The number of para-hydroxylation sites is 1. The Morgan fingerprint density at radius 3 is 2.89 bits per heavy atom. The molecule has 19 heavy (non-hydrogen) atoms. The Morgan fingerprint density at radius 2 is 2.05 bits per heavy atom. The summed E-state index contributed by atoms with van der Waals surface area (Å²) in [5, 5.41) is 3.38. The SMILES string of the molecule is Cc1nc2ccc(NCc3ccccc3N)cc2[nH]1. The fourth-order valence-corrected chi connectivity index (χ4v) is 2.14. The number of H-pyrrole nitrogens is 1. The summed E-state index contributed by atoms with van der Waals surface area (Å²) in [5.74, 6) is 0.930. The predicted octanol–water partition coefficient (Wildman–Crippen LogP) is 3.07. The molecular formula is C15H16N4. The summed E-state index contributed by atoms with van der Waals surface area (Å²) >= 11 is 0. The van der Waals surface area contributed by atoms with Gasteiger partial charge in [-0.15, -0.1) is 0 Å². The number of fused-ring (bicyclic) bond motifs is 1. The molecule has 96 valence electrons. The van der Waals surface area contributed by atoms with E-state index in [1.54, 1.807) is 0 Å². The lowest BCUT2D eigenvalue weighted by molar-refractivity contribution is 1.15. The number of hydrogen-bond donors (Lipinski definition) is 3. The van der Waals surface area contributed by atoms with Crippen LogP contribution in [0.2, 0.25) is 0 Å². The quantitative estimate of drug-likeness (QED) is 0.627. The molecule has 0 saturated carbocycles. The largest absolute Gasteiger partial charge is 0.398 e. The maximum absolute atomic E-state index is 5.92. The van der Waals surface area contributed by atoms with Crippen molar-refractivity contribution < 1.29 is 0 Å². The van der Waals surface area contributed by atoms with Crippen LogP contribution in [-0.4, -0.2) is 9.97 Å². The van der Waals surface area contributed by atoms with Gasteiger partial charge in [0.1, 0.15) is 5.82 Å². The van der Waals surface area contributed by atoms with Gasteiger partial charge >= 0.3 is 0 Å². The molecule has 0 aliphatic carbocycles. The van der Waals surface area contributed by atoms with Crippen molar-refractivity contribution >= 4 is 22.4 Å². The molecule has 4 nitrogen and oxygen atoms in total. The van der Waals surface area contributed by atoms with Crippen molar-refractivity contribution in [2.24, 2.45) is 0 Å². The van der Waals surface area contributed by atoms with E-state index in [0.717, 1.165) is 33.8 Å². The second kappa shape index (κ2) is 4.65. The number of aromatic amines is 1. The summed E-state index contributed by atoms with van der Waals surface area (Å²) in [6.45, 7) is 2.67. The van der Waals surface area contributed by atoms with Crippen molar-refractivity contribution in [3.8, 4) is 0 Å². The third-order valence-corrected chi connectivity index (χ3v) is 3.14. The van der Waals surface area contributed by atoms with Crippen LogP contribution >= 0.6 is 0 Å². The first kappa shape index (κ1) is 11.6. The van der Waals surface area contributed by atoms with Crippen LogP contribution in [-0.2, 0) is 6.54 Å². The molecule has 1 aromatic heterocycles. The fraction of sp³-hybridized carbons (Fsp3) is 0.133. The first-order chi connectivity index (χ1) is 9.22. The van der Waals surface area contributed by atoms with E-state index in [2.05, 4.69) is 21.4 Å². The summed E-state index contributed by atoms with van der Waals surface area (Å²) in [7, 11) is 0. The van der Waals surface area contributed by atoms with Gasteiger partial charge in [0.25, 0.3) is 0 Å². The van der Waals surface area contributed by atoms with Gasteiger partial charge in [-0.05, 0) is 36.8 Å². The molecule has 0 bridgehead atoms. The van der Waals surface area contributed by atoms with E-state index in [1.807, 2.05) is 43.3 Å². The van der Waals surface area contributed by atoms with Gasteiger partial charge in [0.05, 0.1) is 11.0 Å². The summed E-state index contributed by atoms with van der Waals surface area (Å²) in [6, 6.07) is 14.0. The Labute approximate surface area is 111 Å². The maximum atomic E-state index is 5.92. The van der Waals surface area contributed by atoms with E-state index in [-0.39, 0.29) is 0 Å². The number of anilines is 2. The van der Waals surface area contributed by atoms with Crippen LogP contribution in [0.4, 0.5) is 11.4 Å². The monoisotopic (exact) mass is 252 g/mol. The first-order valence-electron chi connectivity index (χ1n) is 6.26. The Hall–Kier alpha value is -2.49. The van der Waals surface area contributed by atoms with E-state index in [9.17, 15) is 0 Å². The van der Waals surface area contributed by atoms with Crippen LogP contribution in [0.5, 0.6) is 0 Å². The highest BCUT2D eigenvalue weighted by Crippen LogP contribution is 2.19. The molecule has 4 N–H and O–H groups in total. The van der Waals surface area contributed by atoms with Crippen LogP contribution in [0.3, 0.4) is 0 Å². The molecule has 0 aliphatic heterocycles. The van der Waals surface area contributed by atoms with Gasteiger partial charge in [-0.3, -0.25) is 0 Å². The van der Waals surface area contributed by atoms with Crippen molar-refractivity contribution in [1.29, 1.82) is 0 Å². The molecule has 0 fully saturated rings. The Kier molecular flexibility index (Phi) is 2.83. The Bertz CT molecular complexity index is 715. The van der Waals surface area contributed by atoms with Crippen molar-refractivity contribution in [1.82, 2.24) is 9.97 Å². The Morgan fingerprint density at radius 1 is 1.21 bits per heavy atom. The number of nitrogens with one attached hydrogen (secondary N) is 2. The fourth-order valence-electron chi connectivity index (χ4n) is 2.14. The highest BCUT2D eigenvalue weighted by atomic mass is 14.9. The van der Waals surface area contributed by atoms with E-state index in [4.69, 9.17) is 5.73 Å². The average molecular weight is 252 g/mol. The zero-order valence-corrected chi connectivity index (χ0v) is 10.8. The van der Waals surface area contributed by atoms with Crippen molar-refractivity contribution in [3.63, 3.8) is 0 Å². The van der Waals surface area contributed by atoms with E-state index in [1.165, 1.54) is 0 Å². The number of aryl methyl sites for hydroxylation is 1. The topological polar surface area (TPSA) is 66.7 Å². The number of benzene rings is 2. The molecule has 0 unspecified atom stereocenters. The molecule has 4 heteroatoms. The van der Waals surface area contributed by atoms with E-state index >= 15 is 0 Å². The smallest absolute Gasteiger partial charge is 0.104 e. The van der Waals surface area contributed by atoms with Gasteiger partial charge < -0.3 is 16.0 Å². The summed E-state index contributed by atoms with van der Waals surface area (Å²) < 4.78 is 0. The molecule has 2 aromatic carbocycles. The normalized spacial score (nSPS) is 10.8. The minimum absolute atomic E-state index is 0.714. The van der Waals surface area contributed by atoms with E-state index < -0.39 is 0 Å². The molecule has 0 saturated heterocycles. The van der Waals surface area contributed by atoms with Gasteiger partial charge in [-0.1, -0.05) is 18.2 Å². The molecule has 1 heterocycles. The number of nitrogen functional groups attached to an aromatic ring is 1. The third-order valence-electron chi connectivity index (χ3n) is 3.14. The van der Waals surface area contributed by atoms with Crippen molar-refractivity contribution in [2.45, 2.75) is 13.5 Å². The van der Waals surface area contributed by atoms with Crippen molar-refractivity contribution in [2.75, 3.05) is 11.1 Å². The second-order valence-electron chi connectivity index (χ2n) is 4.61.